The fourth-order valence-electron chi connectivity index (χ4n) is 2.13. The van der Waals surface area contributed by atoms with Gasteiger partial charge < -0.3 is 10.6 Å². The van der Waals surface area contributed by atoms with Gasteiger partial charge in [0.1, 0.15) is 0 Å². The Balaban J connectivity index is 2.22. The maximum absolute atomic E-state index is 4.27. The number of nitrogens with one attached hydrogen (secondary N) is 2. The lowest BCUT2D eigenvalue weighted by Crippen LogP contribution is -2.42. The Morgan fingerprint density at radius 1 is 1.45 bits per heavy atom. The zero-order valence-corrected chi connectivity index (χ0v) is 13.3. The summed E-state index contributed by atoms with van der Waals surface area (Å²) in [4.78, 5) is 4.27. The van der Waals surface area contributed by atoms with E-state index in [0.717, 1.165) is 18.9 Å². The molecule has 1 heterocycles. The summed E-state index contributed by atoms with van der Waals surface area (Å²) in [5, 5.41) is 11.0. The van der Waals surface area contributed by atoms with Gasteiger partial charge in [-0.3, -0.25) is 9.67 Å². The van der Waals surface area contributed by atoms with Crippen LogP contribution < -0.4 is 10.6 Å². The minimum Gasteiger partial charge on any atom is -0.356 e. The van der Waals surface area contributed by atoms with Crippen molar-refractivity contribution in [3.05, 3.63) is 18.0 Å². The normalized spacial score (nSPS) is 13.3. The number of hydrogen-bond donors (Lipinski definition) is 2. The molecule has 1 rings (SSSR count). The molecular formula is C15H29N5. The molecule has 5 nitrogen and oxygen atoms in total. The van der Waals surface area contributed by atoms with Crippen LogP contribution in [0.15, 0.2) is 17.4 Å². The van der Waals surface area contributed by atoms with Crippen molar-refractivity contribution in [2.24, 2.45) is 12.0 Å². The van der Waals surface area contributed by atoms with Gasteiger partial charge in [0.2, 0.25) is 0 Å². The molecule has 1 atom stereocenters. The monoisotopic (exact) mass is 279 g/mol. The molecule has 0 saturated heterocycles. The second-order valence-electron chi connectivity index (χ2n) is 5.31. The van der Waals surface area contributed by atoms with Crippen LogP contribution >= 0.6 is 0 Å². The summed E-state index contributed by atoms with van der Waals surface area (Å²) in [6.07, 6.45) is 9.95. The van der Waals surface area contributed by atoms with Gasteiger partial charge in [-0.15, -0.1) is 0 Å². The molecule has 1 unspecified atom stereocenters. The Morgan fingerprint density at radius 3 is 2.85 bits per heavy atom. The SMILES string of the molecule is CCCCCC(C)NC(=NC)NCCc1cnn(C)c1. The molecule has 0 fully saturated rings. The van der Waals surface area contributed by atoms with Crippen molar-refractivity contribution in [1.29, 1.82) is 0 Å². The van der Waals surface area contributed by atoms with Crippen LogP contribution in [0.4, 0.5) is 0 Å². The van der Waals surface area contributed by atoms with Gasteiger partial charge in [-0.05, 0) is 25.3 Å². The van der Waals surface area contributed by atoms with E-state index in [1.54, 1.807) is 0 Å². The largest absolute Gasteiger partial charge is 0.356 e. The summed E-state index contributed by atoms with van der Waals surface area (Å²) in [5.74, 6) is 0.887. The van der Waals surface area contributed by atoms with Gasteiger partial charge in [0.25, 0.3) is 0 Å². The zero-order chi connectivity index (χ0) is 14.8. The number of hydrogen-bond acceptors (Lipinski definition) is 2. The van der Waals surface area contributed by atoms with Gasteiger partial charge in [-0.2, -0.15) is 5.10 Å². The molecule has 2 N–H and O–H groups in total. The highest BCUT2D eigenvalue weighted by Gasteiger charge is 2.04. The highest BCUT2D eigenvalue weighted by molar-refractivity contribution is 5.79. The second-order valence-corrected chi connectivity index (χ2v) is 5.31. The summed E-state index contributed by atoms with van der Waals surface area (Å²) < 4.78 is 1.83. The lowest BCUT2D eigenvalue weighted by Gasteiger charge is -2.17. The van der Waals surface area contributed by atoms with Crippen LogP contribution in [0.5, 0.6) is 0 Å². The maximum Gasteiger partial charge on any atom is 0.191 e. The molecule has 0 aliphatic rings. The third-order valence-corrected chi connectivity index (χ3v) is 3.31. The lowest BCUT2D eigenvalue weighted by atomic mass is 10.1. The third kappa shape index (κ3) is 6.59. The van der Waals surface area contributed by atoms with Crippen LogP contribution in [0.2, 0.25) is 0 Å². The minimum absolute atomic E-state index is 0.464. The van der Waals surface area contributed by atoms with E-state index in [1.165, 1.54) is 31.2 Å². The quantitative estimate of drug-likeness (QED) is 0.435. The van der Waals surface area contributed by atoms with E-state index in [2.05, 4.69) is 34.6 Å². The standard InChI is InChI=1S/C15H29N5/c1-5-6-7-8-13(2)19-15(16-3)17-10-9-14-11-18-20(4)12-14/h11-13H,5-10H2,1-4H3,(H2,16,17,19). The fraction of sp³-hybridized carbons (Fsp3) is 0.733. The molecule has 0 saturated carbocycles. The van der Waals surface area contributed by atoms with Crippen LogP contribution in [0, 0.1) is 0 Å². The number of aryl methyl sites for hydroxylation is 1. The molecule has 1 aromatic heterocycles. The van der Waals surface area contributed by atoms with E-state index < -0.39 is 0 Å². The van der Waals surface area contributed by atoms with Crippen LogP contribution in [0.1, 0.15) is 45.1 Å². The van der Waals surface area contributed by atoms with Crippen molar-refractivity contribution >= 4 is 5.96 Å². The van der Waals surface area contributed by atoms with E-state index in [4.69, 9.17) is 0 Å². The van der Waals surface area contributed by atoms with E-state index in [-0.39, 0.29) is 0 Å². The molecule has 0 aliphatic carbocycles. The summed E-state index contributed by atoms with van der Waals surface area (Å²) in [6, 6.07) is 0.464. The molecule has 0 aliphatic heterocycles. The second kappa shape index (κ2) is 9.39. The first-order valence-corrected chi connectivity index (χ1v) is 7.60. The summed E-state index contributed by atoms with van der Waals surface area (Å²) >= 11 is 0. The molecule has 0 spiro atoms. The Bertz CT molecular complexity index is 397. The van der Waals surface area contributed by atoms with E-state index in [9.17, 15) is 0 Å². The Morgan fingerprint density at radius 2 is 2.25 bits per heavy atom. The van der Waals surface area contributed by atoms with Crippen molar-refractivity contribution in [2.75, 3.05) is 13.6 Å². The van der Waals surface area contributed by atoms with Crippen molar-refractivity contribution in [3.63, 3.8) is 0 Å². The molecule has 1 aromatic rings. The van der Waals surface area contributed by atoms with E-state index in [0.29, 0.717) is 6.04 Å². The van der Waals surface area contributed by atoms with Gasteiger partial charge >= 0.3 is 0 Å². The average molecular weight is 279 g/mol. The average Bonchev–Trinajstić information content (AvgIpc) is 2.83. The molecular weight excluding hydrogens is 250 g/mol. The van der Waals surface area contributed by atoms with Crippen LogP contribution in [-0.2, 0) is 13.5 Å². The lowest BCUT2D eigenvalue weighted by molar-refractivity contribution is 0.547. The summed E-state index contributed by atoms with van der Waals surface area (Å²) in [6.45, 7) is 5.31. The molecule has 0 amide bonds. The van der Waals surface area contributed by atoms with Gasteiger partial charge in [0.15, 0.2) is 5.96 Å². The third-order valence-electron chi connectivity index (χ3n) is 3.31. The first-order chi connectivity index (χ1) is 9.65. The van der Waals surface area contributed by atoms with Crippen molar-refractivity contribution in [2.45, 2.75) is 52.0 Å². The summed E-state index contributed by atoms with van der Waals surface area (Å²) in [7, 11) is 3.76. The highest BCUT2D eigenvalue weighted by atomic mass is 15.2. The van der Waals surface area contributed by atoms with E-state index in [1.807, 2.05) is 31.2 Å². The van der Waals surface area contributed by atoms with Gasteiger partial charge in [0, 0.05) is 32.9 Å². The number of aliphatic imine (C=N–C) groups is 1. The Labute approximate surface area is 122 Å². The van der Waals surface area contributed by atoms with Crippen molar-refractivity contribution in [3.8, 4) is 0 Å². The van der Waals surface area contributed by atoms with Crippen molar-refractivity contribution in [1.82, 2.24) is 20.4 Å². The fourth-order valence-corrected chi connectivity index (χ4v) is 2.13. The van der Waals surface area contributed by atoms with Crippen LogP contribution in [0.25, 0.3) is 0 Å². The molecule has 5 heteroatoms. The van der Waals surface area contributed by atoms with Gasteiger partial charge in [-0.1, -0.05) is 26.2 Å². The zero-order valence-electron chi connectivity index (χ0n) is 13.3. The number of guanidine groups is 1. The first kappa shape index (κ1) is 16.5. The Hall–Kier alpha value is -1.52. The first-order valence-electron chi connectivity index (χ1n) is 7.60. The molecule has 114 valence electrons. The molecule has 0 bridgehead atoms. The van der Waals surface area contributed by atoms with Gasteiger partial charge in [-0.25, -0.2) is 0 Å². The number of aromatic nitrogens is 2. The summed E-state index contributed by atoms with van der Waals surface area (Å²) in [5.41, 5.74) is 1.24. The van der Waals surface area contributed by atoms with E-state index >= 15 is 0 Å². The topological polar surface area (TPSA) is 54.2 Å². The van der Waals surface area contributed by atoms with Crippen molar-refractivity contribution < 1.29 is 0 Å². The minimum atomic E-state index is 0.464. The highest BCUT2D eigenvalue weighted by Crippen LogP contribution is 2.02. The smallest absolute Gasteiger partial charge is 0.191 e. The Kier molecular flexibility index (Phi) is 7.77. The predicted molar refractivity (Wildman–Crippen MR) is 85.0 cm³/mol. The molecule has 20 heavy (non-hydrogen) atoms. The number of unbranched alkanes of at least 4 members (excludes halogenated alkanes) is 2. The molecule has 0 aromatic carbocycles. The van der Waals surface area contributed by atoms with Crippen LogP contribution in [-0.4, -0.2) is 35.4 Å². The van der Waals surface area contributed by atoms with Crippen LogP contribution in [0.3, 0.4) is 0 Å². The number of nitrogens with zero attached hydrogens (tertiary/aromatic N) is 3. The number of rotatable bonds is 8. The molecule has 0 radical (unpaired) electrons. The maximum atomic E-state index is 4.27. The van der Waals surface area contributed by atoms with Gasteiger partial charge in [0.05, 0.1) is 6.20 Å². The predicted octanol–water partition coefficient (Wildman–Crippen LogP) is 2.10.